The average molecular weight is 187 g/mol. The maximum Gasteiger partial charge on any atom is 0.315 e. The van der Waals surface area contributed by atoms with Gasteiger partial charge < -0.3 is 16.4 Å². The minimum absolute atomic E-state index is 0.290. The van der Waals surface area contributed by atoms with Crippen LogP contribution in [0, 0.1) is 0 Å². The van der Waals surface area contributed by atoms with Crippen LogP contribution in [0.5, 0.6) is 0 Å². The van der Waals surface area contributed by atoms with E-state index in [1.807, 2.05) is 20.8 Å². The SMILES string of the molecule is CCCN(C(N)=O)C(C)(CC)CN. The third kappa shape index (κ3) is 2.88. The summed E-state index contributed by atoms with van der Waals surface area (Å²) in [5, 5.41) is 0. The van der Waals surface area contributed by atoms with Crippen molar-refractivity contribution < 1.29 is 4.79 Å². The summed E-state index contributed by atoms with van der Waals surface area (Å²) in [6.07, 6.45) is 1.73. The molecule has 0 saturated carbocycles. The first-order valence-corrected chi connectivity index (χ1v) is 4.79. The minimum Gasteiger partial charge on any atom is -0.351 e. The summed E-state index contributed by atoms with van der Waals surface area (Å²) in [7, 11) is 0. The summed E-state index contributed by atoms with van der Waals surface area (Å²) >= 11 is 0. The number of nitrogens with two attached hydrogens (primary N) is 2. The van der Waals surface area contributed by atoms with Gasteiger partial charge in [-0.3, -0.25) is 0 Å². The number of rotatable bonds is 5. The number of nitrogens with zero attached hydrogens (tertiary/aromatic N) is 1. The predicted molar refractivity (Wildman–Crippen MR) is 54.3 cm³/mol. The zero-order chi connectivity index (χ0) is 10.5. The van der Waals surface area contributed by atoms with Crippen LogP contribution in [0.15, 0.2) is 0 Å². The fraction of sp³-hybridized carbons (Fsp3) is 0.889. The van der Waals surface area contributed by atoms with E-state index < -0.39 is 0 Å². The lowest BCUT2D eigenvalue weighted by atomic mass is 9.96. The standard InChI is InChI=1S/C9H21N3O/c1-4-6-12(8(11)13)9(3,5-2)7-10/h4-7,10H2,1-3H3,(H2,11,13). The second-order valence-corrected chi connectivity index (χ2v) is 3.54. The Balaban J connectivity index is 4.58. The van der Waals surface area contributed by atoms with Gasteiger partial charge in [-0.05, 0) is 19.8 Å². The van der Waals surface area contributed by atoms with E-state index in [0.29, 0.717) is 13.1 Å². The van der Waals surface area contributed by atoms with Crippen molar-refractivity contribution in [3.8, 4) is 0 Å². The number of carbonyl (C=O) groups is 1. The topological polar surface area (TPSA) is 72.3 Å². The van der Waals surface area contributed by atoms with Crippen LogP contribution < -0.4 is 11.5 Å². The quantitative estimate of drug-likeness (QED) is 0.671. The number of hydrogen-bond donors (Lipinski definition) is 2. The van der Waals surface area contributed by atoms with Gasteiger partial charge in [-0.1, -0.05) is 13.8 Å². The number of urea groups is 1. The van der Waals surface area contributed by atoms with E-state index in [4.69, 9.17) is 11.5 Å². The summed E-state index contributed by atoms with van der Waals surface area (Å²) in [6.45, 7) is 7.12. The molecule has 0 aliphatic heterocycles. The molecule has 1 atom stereocenters. The van der Waals surface area contributed by atoms with Crippen molar-refractivity contribution >= 4 is 6.03 Å². The van der Waals surface area contributed by atoms with E-state index >= 15 is 0 Å². The lowest BCUT2D eigenvalue weighted by molar-refractivity contribution is 0.131. The van der Waals surface area contributed by atoms with Crippen molar-refractivity contribution in [2.45, 2.75) is 39.2 Å². The van der Waals surface area contributed by atoms with Crippen LogP contribution in [0.1, 0.15) is 33.6 Å². The fourth-order valence-electron chi connectivity index (χ4n) is 1.32. The van der Waals surface area contributed by atoms with Crippen LogP contribution in [-0.4, -0.2) is 29.6 Å². The van der Waals surface area contributed by atoms with Gasteiger partial charge in [0.1, 0.15) is 0 Å². The van der Waals surface area contributed by atoms with Crippen molar-refractivity contribution in [1.29, 1.82) is 0 Å². The van der Waals surface area contributed by atoms with E-state index in [9.17, 15) is 4.79 Å². The Bertz CT molecular complexity index is 166. The maximum absolute atomic E-state index is 11.1. The Kier molecular flexibility index (Phi) is 4.77. The number of carbonyl (C=O) groups excluding carboxylic acids is 1. The molecule has 0 aromatic rings. The summed E-state index contributed by atoms with van der Waals surface area (Å²) in [6, 6.07) is -0.378. The lowest BCUT2D eigenvalue weighted by Crippen LogP contribution is -2.56. The van der Waals surface area contributed by atoms with Crippen molar-refractivity contribution in [2.24, 2.45) is 11.5 Å². The van der Waals surface area contributed by atoms with E-state index in [1.54, 1.807) is 4.90 Å². The van der Waals surface area contributed by atoms with Crippen LogP contribution in [0.25, 0.3) is 0 Å². The summed E-state index contributed by atoms with van der Waals surface area (Å²) < 4.78 is 0. The highest BCUT2D eigenvalue weighted by atomic mass is 16.2. The molecule has 0 radical (unpaired) electrons. The first-order chi connectivity index (χ1) is 6.01. The molecule has 0 fully saturated rings. The van der Waals surface area contributed by atoms with E-state index in [-0.39, 0.29) is 11.6 Å². The smallest absolute Gasteiger partial charge is 0.315 e. The third-order valence-electron chi connectivity index (χ3n) is 2.57. The van der Waals surface area contributed by atoms with Gasteiger partial charge in [0.15, 0.2) is 0 Å². The maximum atomic E-state index is 11.1. The van der Waals surface area contributed by atoms with Gasteiger partial charge in [-0.15, -0.1) is 0 Å². The summed E-state index contributed by atoms with van der Waals surface area (Å²) in [4.78, 5) is 12.8. The molecular weight excluding hydrogens is 166 g/mol. The highest BCUT2D eigenvalue weighted by Crippen LogP contribution is 2.17. The van der Waals surface area contributed by atoms with E-state index in [1.165, 1.54) is 0 Å². The van der Waals surface area contributed by atoms with Crippen molar-refractivity contribution in [3.05, 3.63) is 0 Å². The van der Waals surface area contributed by atoms with Crippen molar-refractivity contribution in [2.75, 3.05) is 13.1 Å². The Morgan fingerprint density at radius 3 is 2.23 bits per heavy atom. The minimum atomic E-state index is -0.378. The highest BCUT2D eigenvalue weighted by molar-refractivity contribution is 5.73. The lowest BCUT2D eigenvalue weighted by Gasteiger charge is -2.38. The number of amides is 2. The Morgan fingerprint density at radius 1 is 1.46 bits per heavy atom. The monoisotopic (exact) mass is 187 g/mol. The van der Waals surface area contributed by atoms with Crippen molar-refractivity contribution in [3.63, 3.8) is 0 Å². The second kappa shape index (κ2) is 5.07. The molecule has 0 spiro atoms. The molecule has 0 aliphatic rings. The molecule has 4 heteroatoms. The molecule has 0 bridgehead atoms. The van der Waals surface area contributed by atoms with Crippen LogP contribution in [0.2, 0.25) is 0 Å². The normalized spacial score (nSPS) is 15.1. The Morgan fingerprint density at radius 2 is 2.00 bits per heavy atom. The van der Waals surface area contributed by atoms with E-state index in [0.717, 1.165) is 12.8 Å². The second-order valence-electron chi connectivity index (χ2n) is 3.54. The van der Waals surface area contributed by atoms with Gasteiger partial charge in [-0.25, -0.2) is 4.79 Å². The van der Waals surface area contributed by atoms with Crippen LogP contribution in [-0.2, 0) is 0 Å². The highest BCUT2D eigenvalue weighted by Gasteiger charge is 2.30. The largest absolute Gasteiger partial charge is 0.351 e. The molecule has 4 N–H and O–H groups in total. The Labute approximate surface area is 80.3 Å². The molecule has 0 aliphatic carbocycles. The molecule has 0 saturated heterocycles. The molecule has 0 heterocycles. The first-order valence-electron chi connectivity index (χ1n) is 4.79. The van der Waals surface area contributed by atoms with Crippen LogP contribution in [0.4, 0.5) is 4.79 Å². The third-order valence-corrected chi connectivity index (χ3v) is 2.57. The van der Waals surface area contributed by atoms with Crippen molar-refractivity contribution in [1.82, 2.24) is 4.90 Å². The van der Waals surface area contributed by atoms with Gasteiger partial charge in [0, 0.05) is 13.1 Å². The van der Waals surface area contributed by atoms with Gasteiger partial charge >= 0.3 is 6.03 Å². The first kappa shape index (κ1) is 12.2. The van der Waals surface area contributed by atoms with Crippen LogP contribution in [0.3, 0.4) is 0 Å². The Hall–Kier alpha value is -0.770. The molecule has 4 nitrogen and oxygen atoms in total. The van der Waals surface area contributed by atoms with Crippen LogP contribution >= 0.6 is 0 Å². The summed E-state index contributed by atoms with van der Waals surface area (Å²) in [5.41, 5.74) is 10.6. The fourth-order valence-corrected chi connectivity index (χ4v) is 1.32. The molecule has 78 valence electrons. The molecular formula is C9H21N3O. The average Bonchev–Trinajstić information content (AvgIpc) is 2.12. The van der Waals surface area contributed by atoms with E-state index in [2.05, 4.69) is 0 Å². The molecule has 0 rings (SSSR count). The predicted octanol–water partition coefficient (Wildman–Crippen LogP) is 0.904. The van der Waals surface area contributed by atoms with Gasteiger partial charge in [0.25, 0.3) is 0 Å². The number of primary amides is 1. The molecule has 0 aromatic heterocycles. The zero-order valence-corrected chi connectivity index (χ0v) is 8.84. The zero-order valence-electron chi connectivity index (χ0n) is 8.84. The molecule has 1 unspecified atom stereocenters. The van der Waals surface area contributed by atoms with Gasteiger partial charge in [0.05, 0.1) is 5.54 Å². The molecule has 13 heavy (non-hydrogen) atoms. The van der Waals surface area contributed by atoms with Gasteiger partial charge in [0.2, 0.25) is 0 Å². The van der Waals surface area contributed by atoms with Gasteiger partial charge in [-0.2, -0.15) is 0 Å². The number of hydrogen-bond acceptors (Lipinski definition) is 2. The molecule has 2 amide bonds. The summed E-state index contributed by atoms with van der Waals surface area (Å²) in [5.74, 6) is 0. The molecule has 0 aromatic carbocycles.